The summed E-state index contributed by atoms with van der Waals surface area (Å²) < 4.78 is 5.50. The Morgan fingerprint density at radius 3 is 3.04 bits per heavy atom. The van der Waals surface area contributed by atoms with Crippen LogP contribution in [0.5, 0.6) is 5.75 Å². The SMILES string of the molecule is CC1Oc2ccc(NC(=O)c3cc(C4CCCN4)[nH]n3)cc2NC1=O. The third-order valence-electron chi connectivity index (χ3n) is 4.43. The van der Waals surface area contributed by atoms with E-state index in [1.807, 2.05) is 0 Å². The van der Waals surface area contributed by atoms with E-state index in [1.54, 1.807) is 31.2 Å². The van der Waals surface area contributed by atoms with E-state index in [2.05, 4.69) is 26.1 Å². The van der Waals surface area contributed by atoms with Gasteiger partial charge in [-0.15, -0.1) is 0 Å². The van der Waals surface area contributed by atoms with Gasteiger partial charge in [-0.05, 0) is 50.6 Å². The predicted molar refractivity (Wildman–Crippen MR) is 91.7 cm³/mol. The number of hydrogen-bond acceptors (Lipinski definition) is 5. The zero-order valence-corrected chi connectivity index (χ0v) is 13.8. The van der Waals surface area contributed by atoms with Gasteiger partial charge < -0.3 is 20.7 Å². The molecule has 1 fully saturated rings. The Morgan fingerprint density at radius 1 is 1.36 bits per heavy atom. The van der Waals surface area contributed by atoms with Gasteiger partial charge in [0.25, 0.3) is 11.8 Å². The third kappa shape index (κ3) is 3.08. The maximum Gasteiger partial charge on any atom is 0.276 e. The molecule has 2 aliphatic heterocycles. The Hall–Kier alpha value is -2.87. The van der Waals surface area contributed by atoms with Crippen LogP contribution in [0, 0.1) is 0 Å². The summed E-state index contributed by atoms with van der Waals surface area (Å²) in [6, 6.07) is 7.12. The molecule has 2 atom stereocenters. The normalized spacial score (nSPS) is 22.0. The van der Waals surface area contributed by atoms with Crippen LogP contribution in [0.2, 0.25) is 0 Å². The molecule has 8 nitrogen and oxygen atoms in total. The molecule has 4 rings (SSSR count). The Labute approximate surface area is 144 Å². The number of fused-ring (bicyclic) bond motifs is 1. The molecule has 0 spiro atoms. The molecular formula is C17H19N5O3. The summed E-state index contributed by atoms with van der Waals surface area (Å²) in [5, 5.41) is 15.9. The third-order valence-corrected chi connectivity index (χ3v) is 4.43. The highest BCUT2D eigenvalue weighted by Gasteiger charge is 2.24. The number of nitrogens with zero attached hydrogens (tertiary/aromatic N) is 1. The summed E-state index contributed by atoms with van der Waals surface area (Å²) in [5.41, 5.74) is 2.35. The van der Waals surface area contributed by atoms with Crippen LogP contribution in [0.3, 0.4) is 0 Å². The number of hydrogen-bond donors (Lipinski definition) is 4. The van der Waals surface area contributed by atoms with E-state index < -0.39 is 6.10 Å². The van der Waals surface area contributed by atoms with Gasteiger partial charge in [0.1, 0.15) is 5.75 Å². The van der Waals surface area contributed by atoms with Gasteiger partial charge >= 0.3 is 0 Å². The van der Waals surface area contributed by atoms with Crippen molar-refractivity contribution in [2.75, 3.05) is 17.2 Å². The van der Waals surface area contributed by atoms with E-state index in [0.29, 0.717) is 22.8 Å². The molecule has 2 amide bonds. The lowest BCUT2D eigenvalue weighted by Gasteiger charge is -2.23. The Bertz CT molecular complexity index is 825. The zero-order chi connectivity index (χ0) is 17.4. The number of aromatic nitrogens is 2. The number of H-pyrrole nitrogens is 1. The molecule has 8 heteroatoms. The van der Waals surface area contributed by atoms with Crippen LogP contribution >= 0.6 is 0 Å². The van der Waals surface area contributed by atoms with Crippen molar-refractivity contribution in [1.29, 1.82) is 0 Å². The van der Waals surface area contributed by atoms with Gasteiger partial charge in [0, 0.05) is 11.7 Å². The predicted octanol–water partition coefficient (Wildman–Crippen LogP) is 1.81. The van der Waals surface area contributed by atoms with Crippen LogP contribution in [0.4, 0.5) is 11.4 Å². The molecule has 0 aliphatic carbocycles. The number of aromatic amines is 1. The van der Waals surface area contributed by atoms with Gasteiger partial charge in [-0.3, -0.25) is 14.7 Å². The number of carbonyl (C=O) groups excluding carboxylic acids is 2. The van der Waals surface area contributed by atoms with E-state index in [1.165, 1.54) is 0 Å². The molecule has 2 aromatic rings. The monoisotopic (exact) mass is 341 g/mol. The summed E-state index contributed by atoms with van der Waals surface area (Å²) >= 11 is 0. The molecular weight excluding hydrogens is 322 g/mol. The number of amides is 2. The second kappa shape index (κ2) is 6.21. The molecule has 0 radical (unpaired) electrons. The number of ether oxygens (including phenoxy) is 1. The van der Waals surface area contributed by atoms with Gasteiger partial charge in [0.15, 0.2) is 11.8 Å². The minimum Gasteiger partial charge on any atom is -0.479 e. The molecule has 1 saturated heterocycles. The Kier molecular flexibility index (Phi) is 3.89. The number of benzene rings is 1. The van der Waals surface area contributed by atoms with Gasteiger partial charge in [0.2, 0.25) is 0 Å². The van der Waals surface area contributed by atoms with Crippen molar-refractivity contribution >= 4 is 23.2 Å². The molecule has 4 N–H and O–H groups in total. The Morgan fingerprint density at radius 2 is 2.24 bits per heavy atom. The van der Waals surface area contributed by atoms with Crippen LogP contribution in [0.1, 0.15) is 42.0 Å². The standard InChI is InChI=1S/C17H19N5O3/c1-9-16(23)20-13-7-10(4-5-15(13)25-9)19-17(24)14-8-12(21-22-14)11-3-2-6-18-11/h4-5,7-9,11,18H,2-3,6H2,1H3,(H,19,24)(H,20,23)(H,21,22). The van der Waals surface area contributed by atoms with E-state index in [4.69, 9.17) is 4.74 Å². The lowest BCUT2D eigenvalue weighted by Crippen LogP contribution is -2.34. The van der Waals surface area contributed by atoms with Crippen molar-refractivity contribution < 1.29 is 14.3 Å². The highest BCUT2D eigenvalue weighted by molar-refractivity contribution is 6.04. The highest BCUT2D eigenvalue weighted by atomic mass is 16.5. The topological polar surface area (TPSA) is 108 Å². The highest BCUT2D eigenvalue weighted by Crippen LogP contribution is 2.32. The number of carbonyl (C=O) groups is 2. The first-order valence-corrected chi connectivity index (χ1v) is 8.32. The molecule has 1 aromatic heterocycles. The molecule has 3 heterocycles. The van der Waals surface area contributed by atoms with E-state index >= 15 is 0 Å². The maximum atomic E-state index is 12.4. The van der Waals surface area contributed by atoms with Crippen LogP contribution in [-0.2, 0) is 4.79 Å². The molecule has 0 bridgehead atoms. The van der Waals surface area contributed by atoms with Crippen LogP contribution in [0.25, 0.3) is 0 Å². The van der Waals surface area contributed by atoms with Crippen LogP contribution < -0.4 is 20.7 Å². The second-order valence-corrected chi connectivity index (χ2v) is 6.27. The molecule has 2 aliphatic rings. The van der Waals surface area contributed by atoms with Crippen molar-refractivity contribution in [3.8, 4) is 5.75 Å². The molecule has 0 saturated carbocycles. The molecule has 130 valence electrons. The van der Waals surface area contributed by atoms with Crippen molar-refractivity contribution in [3.05, 3.63) is 35.7 Å². The summed E-state index contributed by atoms with van der Waals surface area (Å²) in [6.07, 6.45) is 1.62. The first-order chi connectivity index (χ1) is 12.1. The summed E-state index contributed by atoms with van der Waals surface area (Å²) in [7, 11) is 0. The van der Waals surface area contributed by atoms with E-state index in [-0.39, 0.29) is 17.9 Å². The number of rotatable bonds is 3. The first kappa shape index (κ1) is 15.6. The fourth-order valence-corrected chi connectivity index (χ4v) is 3.06. The largest absolute Gasteiger partial charge is 0.479 e. The van der Waals surface area contributed by atoms with Crippen molar-refractivity contribution in [3.63, 3.8) is 0 Å². The summed E-state index contributed by atoms with van der Waals surface area (Å²) in [4.78, 5) is 24.1. The summed E-state index contributed by atoms with van der Waals surface area (Å²) in [6.45, 7) is 2.66. The quantitative estimate of drug-likeness (QED) is 0.681. The average molecular weight is 341 g/mol. The maximum absolute atomic E-state index is 12.4. The molecule has 25 heavy (non-hydrogen) atoms. The first-order valence-electron chi connectivity index (χ1n) is 8.32. The number of nitrogens with one attached hydrogen (secondary N) is 4. The van der Waals surface area contributed by atoms with Gasteiger partial charge in [-0.1, -0.05) is 0 Å². The van der Waals surface area contributed by atoms with Crippen LogP contribution in [0.15, 0.2) is 24.3 Å². The van der Waals surface area contributed by atoms with E-state index in [9.17, 15) is 9.59 Å². The van der Waals surface area contributed by atoms with Gasteiger partial charge in [-0.2, -0.15) is 5.10 Å². The minimum absolute atomic E-state index is 0.211. The van der Waals surface area contributed by atoms with Crippen molar-refractivity contribution in [2.45, 2.75) is 31.9 Å². The molecule has 1 aromatic carbocycles. The smallest absolute Gasteiger partial charge is 0.276 e. The average Bonchev–Trinajstić information content (AvgIpc) is 3.27. The van der Waals surface area contributed by atoms with Gasteiger partial charge in [0.05, 0.1) is 11.4 Å². The number of anilines is 2. The van der Waals surface area contributed by atoms with Gasteiger partial charge in [-0.25, -0.2) is 0 Å². The lowest BCUT2D eigenvalue weighted by molar-refractivity contribution is -0.122. The van der Waals surface area contributed by atoms with Crippen molar-refractivity contribution in [2.24, 2.45) is 0 Å². The Balaban J connectivity index is 1.48. The van der Waals surface area contributed by atoms with Crippen molar-refractivity contribution in [1.82, 2.24) is 15.5 Å². The summed E-state index contributed by atoms with van der Waals surface area (Å²) in [5.74, 6) is 0.0633. The second-order valence-electron chi connectivity index (χ2n) is 6.27. The van der Waals surface area contributed by atoms with E-state index in [0.717, 1.165) is 25.1 Å². The minimum atomic E-state index is -0.528. The fourth-order valence-electron chi connectivity index (χ4n) is 3.06. The zero-order valence-electron chi connectivity index (χ0n) is 13.8. The lowest BCUT2D eigenvalue weighted by atomic mass is 10.1. The fraction of sp³-hybridized carbons (Fsp3) is 0.353. The molecule has 2 unspecified atom stereocenters. The van der Waals surface area contributed by atoms with Crippen LogP contribution in [-0.4, -0.2) is 34.7 Å².